The lowest BCUT2D eigenvalue weighted by Crippen LogP contribution is -2.15. The van der Waals surface area contributed by atoms with E-state index < -0.39 is 0 Å². The molecule has 3 heterocycles. The van der Waals surface area contributed by atoms with Gasteiger partial charge >= 0.3 is 0 Å². The van der Waals surface area contributed by atoms with Gasteiger partial charge in [-0.1, -0.05) is 25.4 Å². The summed E-state index contributed by atoms with van der Waals surface area (Å²) in [6.07, 6.45) is 1.99. The smallest absolute Gasteiger partial charge is 0.180 e. The topological polar surface area (TPSA) is 57.8 Å². The predicted octanol–water partition coefficient (Wildman–Crippen LogP) is 4.16. The first-order chi connectivity index (χ1) is 10.9. The van der Waals surface area contributed by atoms with E-state index in [9.17, 15) is 0 Å². The van der Waals surface area contributed by atoms with Crippen molar-refractivity contribution in [3.05, 3.63) is 15.5 Å². The third-order valence-corrected chi connectivity index (χ3v) is 5.76. The molecule has 126 valence electrons. The highest BCUT2D eigenvalue weighted by Gasteiger charge is 2.29. The Bertz CT molecular complexity index is 705. The molecule has 2 aromatic heterocycles. The second-order valence-electron chi connectivity index (χ2n) is 6.30. The fourth-order valence-electron chi connectivity index (χ4n) is 2.61. The highest BCUT2D eigenvalue weighted by molar-refractivity contribution is 9.10. The Kier molecular flexibility index (Phi) is 4.80. The maximum Gasteiger partial charge on any atom is 0.180 e. The summed E-state index contributed by atoms with van der Waals surface area (Å²) in [4.78, 5) is 4.74. The molecule has 23 heavy (non-hydrogen) atoms. The standard InChI is InChI=1S/C15H21BrClN5O/c1-8(2)9(3)22-15(12-11(16)13(17)21(4)19-12)18-14(20-22)10-6-5-7-23-10/h8-10H,5-7H2,1-4H3. The Morgan fingerprint density at radius 3 is 2.57 bits per heavy atom. The van der Waals surface area contributed by atoms with Crippen LogP contribution in [0.1, 0.15) is 51.6 Å². The van der Waals surface area contributed by atoms with Gasteiger partial charge in [-0.2, -0.15) is 10.2 Å². The van der Waals surface area contributed by atoms with E-state index >= 15 is 0 Å². The lowest BCUT2D eigenvalue weighted by Gasteiger charge is -2.17. The van der Waals surface area contributed by atoms with E-state index in [1.807, 2.05) is 11.7 Å². The lowest BCUT2D eigenvalue weighted by molar-refractivity contribution is 0.104. The van der Waals surface area contributed by atoms with Crippen LogP contribution in [0.25, 0.3) is 11.5 Å². The number of rotatable bonds is 4. The molecule has 0 saturated carbocycles. The summed E-state index contributed by atoms with van der Waals surface area (Å²) in [5, 5.41) is 9.78. The Hall–Kier alpha value is -0.920. The van der Waals surface area contributed by atoms with Crippen molar-refractivity contribution in [1.29, 1.82) is 0 Å². The first-order valence-electron chi connectivity index (χ1n) is 7.86. The van der Waals surface area contributed by atoms with Crippen molar-refractivity contribution in [3.63, 3.8) is 0 Å². The number of aromatic nitrogens is 5. The van der Waals surface area contributed by atoms with Crippen molar-refractivity contribution in [2.45, 2.75) is 45.8 Å². The SMILES string of the molecule is CC(C)C(C)n1nc(C2CCCO2)nc1-c1nn(C)c(Cl)c1Br. The molecule has 2 atom stereocenters. The van der Waals surface area contributed by atoms with Gasteiger partial charge in [-0.15, -0.1) is 0 Å². The van der Waals surface area contributed by atoms with Gasteiger partial charge in [0.2, 0.25) is 0 Å². The van der Waals surface area contributed by atoms with Gasteiger partial charge in [0.1, 0.15) is 17.0 Å². The van der Waals surface area contributed by atoms with Crippen molar-refractivity contribution in [3.8, 4) is 11.5 Å². The van der Waals surface area contributed by atoms with Gasteiger partial charge in [0, 0.05) is 13.7 Å². The summed E-state index contributed by atoms with van der Waals surface area (Å²) in [5.41, 5.74) is 0.710. The summed E-state index contributed by atoms with van der Waals surface area (Å²) in [6.45, 7) is 7.25. The fraction of sp³-hybridized carbons (Fsp3) is 0.667. The molecule has 6 nitrogen and oxygen atoms in total. The molecule has 8 heteroatoms. The maximum atomic E-state index is 6.25. The van der Waals surface area contributed by atoms with E-state index in [1.165, 1.54) is 0 Å². The Labute approximate surface area is 149 Å². The highest BCUT2D eigenvalue weighted by atomic mass is 79.9. The predicted molar refractivity (Wildman–Crippen MR) is 92.4 cm³/mol. The van der Waals surface area contributed by atoms with Crippen molar-refractivity contribution in [2.24, 2.45) is 13.0 Å². The first-order valence-corrected chi connectivity index (χ1v) is 9.03. The molecule has 0 aliphatic carbocycles. The Morgan fingerprint density at radius 1 is 1.30 bits per heavy atom. The molecule has 2 aromatic rings. The largest absolute Gasteiger partial charge is 0.370 e. The van der Waals surface area contributed by atoms with E-state index in [-0.39, 0.29) is 12.1 Å². The molecule has 0 spiro atoms. The normalized spacial score (nSPS) is 19.7. The summed E-state index contributed by atoms with van der Waals surface area (Å²) in [7, 11) is 1.81. The van der Waals surface area contributed by atoms with Crippen LogP contribution < -0.4 is 0 Å². The molecule has 0 aromatic carbocycles. The average Bonchev–Trinajstić information content (AvgIpc) is 3.22. The van der Waals surface area contributed by atoms with Crippen LogP contribution in [-0.4, -0.2) is 31.2 Å². The highest BCUT2D eigenvalue weighted by Crippen LogP contribution is 2.36. The quantitative estimate of drug-likeness (QED) is 0.770. The summed E-state index contributed by atoms with van der Waals surface area (Å²) in [6, 6.07) is 0.195. The molecule has 0 bridgehead atoms. The van der Waals surface area contributed by atoms with E-state index in [0.29, 0.717) is 16.8 Å². The van der Waals surface area contributed by atoms with Crippen LogP contribution in [0, 0.1) is 5.92 Å². The van der Waals surface area contributed by atoms with Crippen molar-refractivity contribution in [1.82, 2.24) is 24.5 Å². The van der Waals surface area contributed by atoms with Gasteiger partial charge in [0.25, 0.3) is 0 Å². The zero-order valence-corrected chi connectivity index (χ0v) is 16.1. The average molecular weight is 403 g/mol. The van der Waals surface area contributed by atoms with E-state index in [2.05, 4.69) is 41.8 Å². The third-order valence-electron chi connectivity index (χ3n) is 4.35. The van der Waals surface area contributed by atoms with Crippen molar-refractivity contribution < 1.29 is 4.74 Å². The zero-order chi connectivity index (χ0) is 16.7. The van der Waals surface area contributed by atoms with Gasteiger partial charge in [-0.05, 0) is 41.6 Å². The minimum Gasteiger partial charge on any atom is -0.370 e. The van der Waals surface area contributed by atoms with Crippen LogP contribution in [0.15, 0.2) is 4.47 Å². The molecule has 2 unspecified atom stereocenters. The number of aryl methyl sites for hydroxylation is 1. The molecule has 0 radical (unpaired) electrons. The summed E-state index contributed by atoms with van der Waals surface area (Å²) >= 11 is 9.77. The first kappa shape index (κ1) is 16.9. The number of ether oxygens (including phenoxy) is 1. The molecular weight excluding hydrogens is 382 g/mol. The van der Waals surface area contributed by atoms with Crippen molar-refractivity contribution >= 4 is 27.5 Å². The van der Waals surface area contributed by atoms with Crippen LogP contribution >= 0.6 is 27.5 Å². The van der Waals surface area contributed by atoms with Gasteiger partial charge in [-0.3, -0.25) is 4.68 Å². The second-order valence-corrected chi connectivity index (χ2v) is 7.45. The molecule has 0 amide bonds. The number of nitrogens with zero attached hydrogens (tertiary/aromatic N) is 5. The van der Waals surface area contributed by atoms with Crippen LogP contribution in [-0.2, 0) is 11.8 Å². The minimum atomic E-state index is -0.0210. The maximum absolute atomic E-state index is 6.25. The number of halogens is 2. The lowest BCUT2D eigenvalue weighted by atomic mass is 10.1. The number of hydrogen-bond donors (Lipinski definition) is 0. The number of hydrogen-bond acceptors (Lipinski definition) is 4. The Morgan fingerprint density at radius 2 is 2.04 bits per heavy atom. The van der Waals surface area contributed by atoms with Gasteiger partial charge < -0.3 is 4.74 Å². The molecule has 1 aliphatic rings. The van der Waals surface area contributed by atoms with Crippen LogP contribution in [0.5, 0.6) is 0 Å². The fourth-order valence-corrected chi connectivity index (χ4v) is 3.25. The Balaban J connectivity index is 2.11. The van der Waals surface area contributed by atoms with Gasteiger partial charge in [-0.25, -0.2) is 9.67 Å². The van der Waals surface area contributed by atoms with E-state index in [1.54, 1.807) is 4.68 Å². The minimum absolute atomic E-state index is 0.0210. The summed E-state index contributed by atoms with van der Waals surface area (Å²) in [5.74, 6) is 1.88. The third kappa shape index (κ3) is 3.06. The van der Waals surface area contributed by atoms with Crippen LogP contribution in [0.2, 0.25) is 5.15 Å². The van der Waals surface area contributed by atoms with Crippen LogP contribution in [0.4, 0.5) is 0 Å². The van der Waals surface area contributed by atoms with E-state index in [4.69, 9.17) is 26.4 Å². The van der Waals surface area contributed by atoms with E-state index in [0.717, 1.165) is 35.6 Å². The van der Waals surface area contributed by atoms with Gasteiger partial charge in [0.05, 0.1) is 10.5 Å². The molecule has 3 rings (SSSR count). The molecule has 1 aliphatic heterocycles. The zero-order valence-electron chi connectivity index (χ0n) is 13.8. The van der Waals surface area contributed by atoms with Gasteiger partial charge in [0.15, 0.2) is 11.6 Å². The van der Waals surface area contributed by atoms with Crippen LogP contribution in [0.3, 0.4) is 0 Å². The molecular formula is C15H21BrClN5O. The van der Waals surface area contributed by atoms with Crippen molar-refractivity contribution in [2.75, 3.05) is 6.61 Å². The second kappa shape index (κ2) is 6.53. The molecule has 1 fully saturated rings. The molecule has 1 saturated heterocycles. The monoisotopic (exact) mass is 401 g/mol. The summed E-state index contributed by atoms with van der Waals surface area (Å²) < 4.78 is 10.1. The molecule has 0 N–H and O–H groups in total.